The van der Waals surface area contributed by atoms with Crippen LogP contribution in [-0.2, 0) is 0 Å². The zero-order chi connectivity index (χ0) is 13.4. The lowest BCUT2D eigenvalue weighted by atomic mass is 10.3. The van der Waals surface area contributed by atoms with Crippen molar-refractivity contribution < 1.29 is 13.2 Å². The predicted molar refractivity (Wildman–Crippen MR) is 63.9 cm³/mol. The smallest absolute Gasteiger partial charge is 0.249 e. The molecule has 0 bridgehead atoms. The monoisotopic (exact) mass is 255 g/mol. The third kappa shape index (κ3) is 11.3. The first-order valence-corrected chi connectivity index (χ1v) is 5.18. The topological polar surface area (TPSA) is 12.4 Å². The van der Waals surface area contributed by atoms with Crippen molar-refractivity contribution in [2.24, 2.45) is 4.99 Å². The Labute approximate surface area is 99.7 Å². The molecule has 0 heterocycles. The summed E-state index contributed by atoms with van der Waals surface area (Å²) >= 11 is 5.31. The highest BCUT2D eigenvalue weighted by Gasteiger charge is 2.34. The number of hydrogen-bond acceptors (Lipinski definition) is 1. The molecule has 0 atom stereocenters. The van der Waals surface area contributed by atoms with Gasteiger partial charge in [0.1, 0.15) is 5.71 Å². The predicted octanol–water partition coefficient (Wildman–Crippen LogP) is 5.08. The molecule has 0 saturated heterocycles. The van der Waals surface area contributed by atoms with Crippen LogP contribution in [0.25, 0.3) is 0 Å². The Kier molecular flexibility index (Phi) is 9.24. The summed E-state index contributed by atoms with van der Waals surface area (Å²) in [7, 11) is 0. The summed E-state index contributed by atoms with van der Waals surface area (Å²) in [5, 5.41) is 0.0253. The van der Waals surface area contributed by atoms with E-state index in [9.17, 15) is 13.2 Å². The van der Waals surface area contributed by atoms with Crippen LogP contribution >= 0.6 is 11.6 Å². The van der Waals surface area contributed by atoms with E-state index in [2.05, 4.69) is 25.4 Å². The molecule has 0 aliphatic heterocycles. The zero-order valence-electron chi connectivity index (χ0n) is 9.95. The molecule has 0 unspecified atom stereocenters. The van der Waals surface area contributed by atoms with Crippen molar-refractivity contribution in [3.63, 3.8) is 0 Å². The summed E-state index contributed by atoms with van der Waals surface area (Å²) in [6, 6.07) is 0. The molecule has 1 nitrogen and oxygen atoms in total. The van der Waals surface area contributed by atoms with Crippen LogP contribution in [0.4, 0.5) is 13.2 Å². The average molecular weight is 256 g/mol. The molecule has 5 heteroatoms. The third-order valence-electron chi connectivity index (χ3n) is 0.937. The fourth-order valence-corrected chi connectivity index (χ4v) is 0.675. The summed E-state index contributed by atoms with van der Waals surface area (Å²) in [6.45, 7) is 10.2. The second-order valence-corrected chi connectivity index (χ2v) is 3.76. The van der Waals surface area contributed by atoms with Gasteiger partial charge < -0.3 is 0 Å². The van der Waals surface area contributed by atoms with E-state index in [4.69, 9.17) is 11.6 Å². The van der Waals surface area contributed by atoms with Gasteiger partial charge in [0.2, 0.25) is 0 Å². The molecule has 16 heavy (non-hydrogen) atoms. The van der Waals surface area contributed by atoms with Gasteiger partial charge >= 0.3 is 6.18 Å². The molecule has 0 aromatic rings. The second kappa shape index (κ2) is 8.39. The molecule has 0 spiro atoms. The number of hydrogen-bond donors (Lipinski definition) is 0. The average Bonchev–Trinajstić information content (AvgIpc) is 2.00. The van der Waals surface area contributed by atoms with Crippen LogP contribution in [0.1, 0.15) is 34.1 Å². The molecule has 94 valence electrons. The van der Waals surface area contributed by atoms with Crippen LogP contribution in [0.5, 0.6) is 0 Å². The fourth-order valence-electron chi connectivity index (χ4n) is 0.572. The number of halogens is 4. The largest absolute Gasteiger partial charge is 0.433 e. The number of aliphatic imine (C=N–C) groups is 1. The molecule has 0 rings (SSSR count). The van der Waals surface area contributed by atoms with Crippen molar-refractivity contribution in [3.8, 4) is 0 Å². The second-order valence-electron chi connectivity index (χ2n) is 3.17. The number of alkyl halides is 3. The number of rotatable bonds is 2. The van der Waals surface area contributed by atoms with Crippen molar-refractivity contribution in [3.05, 3.63) is 23.4 Å². The maximum Gasteiger partial charge on any atom is 0.433 e. The third-order valence-corrected chi connectivity index (χ3v) is 1.05. The Morgan fingerprint density at radius 3 is 1.88 bits per heavy atom. The molecule has 0 amide bonds. The van der Waals surface area contributed by atoms with Crippen LogP contribution in [0.2, 0.25) is 0 Å². The lowest BCUT2D eigenvalue weighted by Gasteiger charge is -2.06. The fraction of sp³-hybridized carbons (Fsp3) is 0.545. The molecule has 0 N–H and O–H groups in total. The highest BCUT2D eigenvalue weighted by atomic mass is 35.5. The van der Waals surface area contributed by atoms with Crippen molar-refractivity contribution in [1.82, 2.24) is 0 Å². The normalized spacial score (nSPS) is 13.0. The van der Waals surface area contributed by atoms with Crippen LogP contribution in [0.3, 0.4) is 0 Å². The van der Waals surface area contributed by atoms with Crippen LogP contribution in [-0.4, -0.2) is 11.9 Å². The summed E-state index contributed by atoms with van der Waals surface area (Å²) in [5.74, 6) is 0. The lowest BCUT2D eigenvalue weighted by molar-refractivity contribution is -0.0577. The van der Waals surface area contributed by atoms with Crippen molar-refractivity contribution in [2.45, 2.75) is 40.3 Å². The number of nitrogens with zero attached hydrogens (tertiary/aromatic N) is 1. The molecule has 0 aliphatic carbocycles. The Balaban J connectivity index is 0. The van der Waals surface area contributed by atoms with E-state index in [0.29, 0.717) is 0 Å². The summed E-state index contributed by atoms with van der Waals surface area (Å²) in [4.78, 5) is 3.22. The molecular weight excluding hydrogens is 239 g/mol. The minimum atomic E-state index is -4.49. The van der Waals surface area contributed by atoms with Gasteiger partial charge in [-0.05, 0) is 19.9 Å². The van der Waals surface area contributed by atoms with E-state index in [1.54, 1.807) is 0 Å². The van der Waals surface area contributed by atoms with Gasteiger partial charge in [0.25, 0.3) is 0 Å². The van der Waals surface area contributed by atoms with Crippen molar-refractivity contribution in [1.29, 1.82) is 0 Å². The SMILES string of the molecule is C=C(C)N=C(/C=C(\C)Cl)C(F)(F)F.CCC. The first-order valence-electron chi connectivity index (χ1n) is 4.80. The van der Waals surface area contributed by atoms with E-state index in [-0.39, 0.29) is 10.7 Å². The molecule has 0 fully saturated rings. The quantitative estimate of drug-likeness (QED) is 0.610. The standard InChI is InChI=1S/C8H9ClF3N.C3H8/c1-5(2)13-7(4-6(3)9)8(10,11)12;1-3-2/h4H,1H2,2-3H3;3H2,1-2H3/b6-4+,13-7?;. The van der Waals surface area contributed by atoms with Gasteiger partial charge in [0.15, 0.2) is 0 Å². The van der Waals surface area contributed by atoms with Gasteiger partial charge in [-0.1, -0.05) is 38.4 Å². The van der Waals surface area contributed by atoms with Gasteiger partial charge in [0, 0.05) is 10.7 Å². The van der Waals surface area contributed by atoms with E-state index < -0.39 is 11.9 Å². The van der Waals surface area contributed by atoms with Gasteiger partial charge in [0.05, 0.1) is 0 Å². The highest BCUT2D eigenvalue weighted by Crippen LogP contribution is 2.20. The summed E-state index contributed by atoms with van der Waals surface area (Å²) in [6.07, 6.45) is -2.48. The number of allylic oxidation sites excluding steroid dienone is 3. The highest BCUT2D eigenvalue weighted by molar-refractivity contribution is 6.31. The van der Waals surface area contributed by atoms with Gasteiger partial charge in [-0.3, -0.25) is 0 Å². The minimum Gasteiger partial charge on any atom is -0.249 e. The Hall–Kier alpha value is -0.770. The minimum absolute atomic E-state index is 0.0253. The Morgan fingerprint density at radius 1 is 1.31 bits per heavy atom. The molecule has 0 radical (unpaired) electrons. The van der Waals surface area contributed by atoms with Crippen LogP contribution in [0.15, 0.2) is 28.4 Å². The van der Waals surface area contributed by atoms with E-state index in [1.165, 1.54) is 20.3 Å². The summed E-state index contributed by atoms with van der Waals surface area (Å²) in [5.41, 5.74) is -0.950. The van der Waals surface area contributed by atoms with Crippen molar-refractivity contribution >= 4 is 17.3 Å². The Bertz CT molecular complexity index is 273. The lowest BCUT2D eigenvalue weighted by Crippen LogP contribution is -2.21. The molecular formula is C11H17ClF3N. The molecule has 0 aliphatic rings. The zero-order valence-corrected chi connectivity index (χ0v) is 10.7. The maximum atomic E-state index is 12.2. The first-order chi connectivity index (χ1) is 7.15. The Morgan fingerprint density at radius 2 is 1.69 bits per heavy atom. The van der Waals surface area contributed by atoms with Gasteiger partial charge in [-0.15, -0.1) is 0 Å². The van der Waals surface area contributed by atoms with E-state index in [1.807, 2.05) is 0 Å². The van der Waals surface area contributed by atoms with Crippen LogP contribution in [0, 0.1) is 0 Å². The van der Waals surface area contributed by atoms with Crippen LogP contribution < -0.4 is 0 Å². The molecule has 0 aromatic heterocycles. The van der Waals surface area contributed by atoms with Crippen molar-refractivity contribution in [2.75, 3.05) is 0 Å². The maximum absolute atomic E-state index is 12.2. The molecule has 0 saturated carbocycles. The van der Waals surface area contributed by atoms with Gasteiger partial charge in [-0.25, -0.2) is 4.99 Å². The van der Waals surface area contributed by atoms with Gasteiger partial charge in [-0.2, -0.15) is 13.2 Å². The van der Waals surface area contributed by atoms with E-state index >= 15 is 0 Å². The first kappa shape index (κ1) is 17.6. The molecule has 0 aromatic carbocycles. The van der Waals surface area contributed by atoms with E-state index in [0.717, 1.165) is 6.08 Å². The summed E-state index contributed by atoms with van der Waals surface area (Å²) < 4.78 is 36.5.